The Kier molecular flexibility index (Phi) is 6.63. The molecule has 0 radical (unpaired) electrons. The zero-order valence-electron chi connectivity index (χ0n) is 18.8. The molecule has 7 nitrogen and oxygen atoms in total. The summed E-state index contributed by atoms with van der Waals surface area (Å²) in [6, 6.07) is 2.59. The number of amides is 1. The maximum absolute atomic E-state index is 15.0. The third-order valence-electron chi connectivity index (χ3n) is 6.23. The van der Waals surface area contributed by atoms with Crippen molar-refractivity contribution >= 4 is 5.91 Å². The van der Waals surface area contributed by atoms with Gasteiger partial charge in [-0.3, -0.25) is 4.79 Å². The highest BCUT2D eigenvalue weighted by Gasteiger charge is 2.35. The van der Waals surface area contributed by atoms with Crippen LogP contribution in [0.1, 0.15) is 53.5 Å². The second-order valence-electron chi connectivity index (χ2n) is 8.52. The van der Waals surface area contributed by atoms with Gasteiger partial charge in [-0.2, -0.15) is 28.2 Å². The number of benzene rings is 1. The number of nitrogens with zero attached hydrogens (tertiary/aromatic N) is 6. The lowest BCUT2D eigenvalue weighted by molar-refractivity contribution is -0.138. The van der Waals surface area contributed by atoms with Crippen LogP contribution < -0.4 is 0 Å². The summed E-state index contributed by atoms with van der Waals surface area (Å²) in [7, 11) is 0. The first-order valence-corrected chi connectivity index (χ1v) is 11.0. The first-order chi connectivity index (χ1) is 16.2. The maximum atomic E-state index is 15.0. The van der Waals surface area contributed by atoms with Crippen LogP contribution >= 0.6 is 0 Å². The van der Waals surface area contributed by atoms with E-state index < -0.39 is 23.5 Å². The van der Waals surface area contributed by atoms with E-state index in [1.54, 1.807) is 17.9 Å². The van der Waals surface area contributed by atoms with Crippen molar-refractivity contribution in [1.82, 2.24) is 29.9 Å². The summed E-state index contributed by atoms with van der Waals surface area (Å²) in [5.74, 6) is -0.739. The van der Waals surface area contributed by atoms with Gasteiger partial charge in [0.05, 0.1) is 18.0 Å². The van der Waals surface area contributed by atoms with E-state index in [4.69, 9.17) is 0 Å². The van der Waals surface area contributed by atoms with Crippen molar-refractivity contribution in [2.24, 2.45) is 5.92 Å². The van der Waals surface area contributed by atoms with Crippen molar-refractivity contribution < 1.29 is 22.4 Å². The fourth-order valence-corrected chi connectivity index (χ4v) is 4.46. The molecule has 4 rings (SSSR count). The molecule has 1 saturated heterocycles. The van der Waals surface area contributed by atoms with Crippen molar-refractivity contribution in [3.8, 4) is 5.69 Å². The first kappa shape index (κ1) is 23.8. The fourth-order valence-electron chi connectivity index (χ4n) is 4.46. The van der Waals surface area contributed by atoms with Crippen LogP contribution in [0.5, 0.6) is 0 Å². The minimum Gasteiger partial charge on any atom is -0.335 e. The average molecular weight is 476 g/mol. The van der Waals surface area contributed by atoms with Crippen LogP contribution in [-0.4, -0.2) is 48.4 Å². The third-order valence-corrected chi connectivity index (χ3v) is 6.23. The lowest BCUT2D eigenvalue weighted by atomic mass is 9.87. The fraction of sp³-hybridized carbons (Fsp3) is 0.435. The molecule has 3 heterocycles. The SMILES string of the molecule is Cc1ccc(F)c(C(=O)N2CCC[C@@H](C)[C@H]2CCc2ncc(C(F)(F)F)cn2)c1-n1nccn1. The van der Waals surface area contributed by atoms with Gasteiger partial charge in [0.25, 0.3) is 5.91 Å². The third kappa shape index (κ3) is 4.78. The molecule has 0 bridgehead atoms. The maximum Gasteiger partial charge on any atom is 0.419 e. The summed E-state index contributed by atoms with van der Waals surface area (Å²) in [6.45, 7) is 4.22. The van der Waals surface area contributed by atoms with Gasteiger partial charge in [-0.15, -0.1) is 0 Å². The number of rotatable bonds is 5. The molecule has 1 amide bonds. The van der Waals surface area contributed by atoms with E-state index in [2.05, 4.69) is 20.2 Å². The first-order valence-electron chi connectivity index (χ1n) is 11.0. The molecule has 0 aliphatic carbocycles. The van der Waals surface area contributed by atoms with Crippen LogP contribution in [0.3, 0.4) is 0 Å². The molecule has 0 saturated carbocycles. The predicted molar refractivity (Wildman–Crippen MR) is 115 cm³/mol. The zero-order valence-corrected chi connectivity index (χ0v) is 18.8. The van der Waals surface area contributed by atoms with E-state index >= 15 is 4.39 Å². The molecule has 1 fully saturated rings. The van der Waals surface area contributed by atoms with Crippen LogP contribution in [0.4, 0.5) is 17.6 Å². The second kappa shape index (κ2) is 9.47. The monoisotopic (exact) mass is 476 g/mol. The number of hydrogen-bond donors (Lipinski definition) is 0. The number of halogens is 4. The molecule has 0 N–H and O–H groups in total. The Hall–Kier alpha value is -3.37. The Balaban J connectivity index is 1.60. The molecule has 1 aliphatic heterocycles. The number of carbonyl (C=O) groups excluding carboxylic acids is 1. The van der Waals surface area contributed by atoms with E-state index in [0.29, 0.717) is 24.9 Å². The zero-order chi connectivity index (χ0) is 24.5. The summed E-state index contributed by atoms with van der Waals surface area (Å²) < 4.78 is 53.3. The summed E-state index contributed by atoms with van der Waals surface area (Å²) in [5, 5.41) is 8.16. The summed E-state index contributed by atoms with van der Waals surface area (Å²) in [4.78, 5) is 24.3. The molecule has 2 aromatic heterocycles. The number of aryl methyl sites for hydroxylation is 2. The van der Waals surface area contributed by atoms with E-state index in [-0.39, 0.29) is 29.0 Å². The number of carbonyl (C=O) groups is 1. The molecule has 180 valence electrons. The average Bonchev–Trinajstić information content (AvgIpc) is 3.33. The minimum absolute atomic E-state index is 0.0962. The molecule has 1 aromatic carbocycles. The Morgan fingerprint density at radius 3 is 2.47 bits per heavy atom. The lowest BCUT2D eigenvalue weighted by Gasteiger charge is -2.40. The van der Waals surface area contributed by atoms with Crippen LogP contribution in [0.25, 0.3) is 5.69 Å². The molecule has 11 heteroatoms. The number of aromatic nitrogens is 5. The lowest BCUT2D eigenvalue weighted by Crippen LogP contribution is -2.48. The van der Waals surface area contributed by atoms with Gasteiger partial charge in [-0.1, -0.05) is 13.0 Å². The van der Waals surface area contributed by atoms with Gasteiger partial charge in [0.1, 0.15) is 22.9 Å². The summed E-state index contributed by atoms with van der Waals surface area (Å²) in [6.07, 6.45) is 2.32. The van der Waals surface area contributed by atoms with Crippen LogP contribution in [-0.2, 0) is 12.6 Å². The molecular formula is C23H24F4N6O. The second-order valence-corrected chi connectivity index (χ2v) is 8.52. The highest BCUT2D eigenvalue weighted by atomic mass is 19.4. The highest BCUT2D eigenvalue weighted by molar-refractivity contribution is 5.98. The van der Waals surface area contributed by atoms with Crippen molar-refractivity contribution in [1.29, 1.82) is 0 Å². The Morgan fingerprint density at radius 1 is 1.15 bits per heavy atom. The van der Waals surface area contributed by atoms with Crippen molar-refractivity contribution in [2.45, 2.75) is 51.7 Å². The standard InChI is InChI=1S/C23H24F4N6O/c1-14-4-3-11-32(18(14)7-8-19-28-12-16(13-29-19)23(25,26)27)22(34)20-17(24)6-5-15(2)21(20)33-30-9-10-31-33/h5-6,9-10,12-14,18H,3-4,7-8,11H2,1-2H3/t14-,18-/m1/s1. The van der Waals surface area contributed by atoms with Gasteiger partial charge in [0.2, 0.25) is 0 Å². The predicted octanol–water partition coefficient (Wildman–Crippen LogP) is 4.40. The topological polar surface area (TPSA) is 76.8 Å². The normalized spacial score (nSPS) is 18.8. The molecule has 2 atom stereocenters. The van der Waals surface area contributed by atoms with Gasteiger partial charge >= 0.3 is 6.18 Å². The van der Waals surface area contributed by atoms with Gasteiger partial charge in [-0.05, 0) is 43.7 Å². The molecule has 1 aliphatic rings. The highest BCUT2D eigenvalue weighted by Crippen LogP contribution is 2.31. The molecule has 0 spiro atoms. The van der Waals surface area contributed by atoms with Crippen LogP contribution in [0.15, 0.2) is 36.9 Å². The van der Waals surface area contributed by atoms with Crippen LogP contribution in [0, 0.1) is 18.7 Å². The molecule has 3 aromatic rings. The van der Waals surface area contributed by atoms with Gasteiger partial charge in [0, 0.05) is 31.4 Å². The summed E-state index contributed by atoms with van der Waals surface area (Å²) >= 11 is 0. The van der Waals surface area contributed by atoms with E-state index in [1.165, 1.54) is 23.3 Å². The largest absolute Gasteiger partial charge is 0.419 e. The smallest absolute Gasteiger partial charge is 0.335 e. The minimum atomic E-state index is -4.50. The summed E-state index contributed by atoms with van der Waals surface area (Å²) in [5.41, 5.74) is -0.0615. The van der Waals surface area contributed by atoms with Crippen molar-refractivity contribution in [2.75, 3.05) is 6.54 Å². The molecule has 34 heavy (non-hydrogen) atoms. The van der Waals surface area contributed by atoms with Gasteiger partial charge in [0.15, 0.2) is 0 Å². The molecule has 0 unspecified atom stereocenters. The number of alkyl halides is 3. The van der Waals surface area contributed by atoms with Gasteiger partial charge < -0.3 is 4.90 Å². The number of likely N-dealkylation sites (tertiary alicyclic amines) is 1. The Bertz CT molecular complexity index is 1150. The van der Waals surface area contributed by atoms with Crippen molar-refractivity contribution in [3.63, 3.8) is 0 Å². The quantitative estimate of drug-likeness (QED) is 0.511. The number of hydrogen-bond acceptors (Lipinski definition) is 5. The van der Waals surface area contributed by atoms with Gasteiger partial charge in [-0.25, -0.2) is 14.4 Å². The van der Waals surface area contributed by atoms with Crippen molar-refractivity contribution in [3.05, 3.63) is 65.3 Å². The van der Waals surface area contributed by atoms with Crippen LogP contribution in [0.2, 0.25) is 0 Å². The van der Waals surface area contributed by atoms with E-state index in [1.807, 2.05) is 6.92 Å². The van der Waals surface area contributed by atoms with E-state index in [9.17, 15) is 18.0 Å². The molecular weight excluding hydrogens is 452 g/mol. The van der Waals surface area contributed by atoms with E-state index in [0.717, 1.165) is 25.2 Å². The Morgan fingerprint density at radius 2 is 1.82 bits per heavy atom. The number of piperidine rings is 1. The Labute approximate surface area is 193 Å².